The van der Waals surface area contributed by atoms with Crippen molar-refractivity contribution in [1.82, 2.24) is 24.6 Å². The molecule has 0 saturated carbocycles. The third-order valence-electron chi connectivity index (χ3n) is 5.58. The highest BCUT2D eigenvalue weighted by molar-refractivity contribution is 6.02. The van der Waals surface area contributed by atoms with Crippen LogP contribution in [0, 0.1) is 0 Å². The molecule has 3 aromatic rings. The van der Waals surface area contributed by atoms with Crippen LogP contribution >= 0.6 is 0 Å². The topological polar surface area (TPSA) is 112 Å². The lowest BCUT2D eigenvalue weighted by atomic mass is 10.2. The molecule has 0 atom stereocenters. The molecule has 0 saturated heterocycles. The first-order valence-corrected chi connectivity index (χ1v) is 11.9. The lowest BCUT2D eigenvalue weighted by molar-refractivity contribution is -0.111. The first kappa shape index (κ1) is 27.2. The van der Waals surface area contributed by atoms with Crippen LogP contribution in [0.4, 0.5) is 34.6 Å². The Bertz CT molecular complexity index is 1220. The summed E-state index contributed by atoms with van der Waals surface area (Å²) in [7, 11) is 7.48. The number of carbonyl (C=O) groups is 1. The van der Waals surface area contributed by atoms with Crippen LogP contribution in [0.15, 0.2) is 62.0 Å². The maximum absolute atomic E-state index is 12.2. The molecule has 0 aliphatic heterocycles. The molecule has 0 bridgehead atoms. The van der Waals surface area contributed by atoms with Crippen LogP contribution in [0.3, 0.4) is 0 Å². The van der Waals surface area contributed by atoms with Crippen molar-refractivity contribution in [3.63, 3.8) is 0 Å². The molecule has 1 amide bonds. The van der Waals surface area contributed by atoms with E-state index in [1.54, 1.807) is 30.1 Å². The fraction of sp³-hybridized carbons (Fsp3) is 0.308. The zero-order chi connectivity index (χ0) is 26.8. The minimum Gasteiger partial charge on any atom is -0.494 e. The van der Waals surface area contributed by atoms with Crippen molar-refractivity contribution in [1.29, 1.82) is 0 Å². The molecule has 0 unspecified atom stereocenters. The highest BCUT2D eigenvalue weighted by Gasteiger charge is 2.17. The van der Waals surface area contributed by atoms with E-state index in [2.05, 4.69) is 61.0 Å². The van der Waals surface area contributed by atoms with Crippen molar-refractivity contribution in [3.8, 4) is 5.75 Å². The van der Waals surface area contributed by atoms with E-state index in [4.69, 9.17) is 4.74 Å². The number of hydrogen-bond donors (Lipinski definition) is 3. The first-order valence-electron chi connectivity index (χ1n) is 11.9. The quantitative estimate of drug-likeness (QED) is 0.223. The zero-order valence-electron chi connectivity index (χ0n) is 21.9. The maximum atomic E-state index is 12.2. The molecule has 3 N–H and O–H groups in total. The Labute approximate surface area is 217 Å². The van der Waals surface area contributed by atoms with E-state index in [1.165, 1.54) is 6.08 Å². The van der Waals surface area contributed by atoms with Crippen molar-refractivity contribution < 1.29 is 9.53 Å². The van der Waals surface area contributed by atoms with Crippen LogP contribution in [0.5, 0.6) is 5.75 Å². The number of amides is 1. The molecular weight excluding hydrogens is 470 g/mol. The Morgan fingerprint density at radius 3 is 2.59 bits per heavy atom. The smallest absolute Gasteiger partial charge is 0.247 e. The molecule has 3 rings (SSSR count). The zero-order valence-corrected chi connectivity index (χ0v) is 21.9. The van der Waals surface area contributed by atoms with Crippen LogP contribution < -0.4 is 25.6 Å². The summed E-state index contributed by atoms with van der Waals surface area (Å²) in [6, 6.07) is 7.27. The van der Waals surface area contributed by atoms with E-state index in [-0.39, 0.29) is 5.91 Å². The molecule has 196 valence electrons. The molecule has 0 aliphatic carbocycles. The average Bonchev–Trinajstić information content (AvgIpc) is 3.30. The van der Waals surface area contributed by atoms with E-state index in [0.717, 1.165) is 31.7 Å². The van der Waals surface area contributed by atoms with Crippen LogP contribution in [0.25, 0.3) is 0 Å². The number of nitrogens with one attached hydrogen (secondary N) is 3. The molecule has 2 heterocycles. The standard InChI is InChI=1S/C26H35N9O2/c1-7-9-13-33(3)15-16-34(4)21-18-22(37-6)20(17-19(21)28-25(36)8-2)29-26-27-12-10-23(31-26)30-24-11-14-35(5)32-24/h7-8,10-12,14,17-18H,1-2,9,13,15-16H2,3-6H3,(H,28,36)(H2,27,29,30,31,32). The van der Waals surface area contributed by atoms with E-state index >= 15 is 0 Å². The Balaban J connectivity index is 1.85. The third kappa shape index (κ3) is 7.80. The predicted octanol–water partition coefficient (Wildman–Crippen LogP) is 3.77. The van der Waals surface area contributed by atoms with Gasteiger partial charge in [0.05, 0.1) is 24.2 Å². The SMILES string of the molecule is C=CCCN(C)CCN(C)c1cc(OC)c(Nc2nccc(Nc3ccn(C)n3)n2)cc1NC(=O)C=C. The van der Waals surface area contributed by atoms with Gasteiger partial charge in [0.1, 0.15) is 11.6 Å². The summed E-state index contributed by atoms with van der Waals surface area (Å²) < 4.78 is 7.37. The highest BCUT2D eigenvalue weighted by atomic mass is 16.5. The monoisotopic (exact) mass is 505 g/mol. The van der Waals surface area contributed by atoms with Gasteiger partial charge in [-0.1, -0.05) is 12.7 Å². The number of aromatic nitrogens is 4. The summed E-state index contributed by atoms with van der Waals surface area (Å²) in [4.78, 5) is 25.4. The lowest BCUT2D eigenvalue weighted by Crippen LogP contribution is -2.31. The van der Waals surface area contributed by atoms with Crippen molar-refractivity contribution in [3.05, 3.63) is 62.0 Å². The number of nitrogens with zero attached hydrogens (tertiary/aromatic N) is 6. The molecule has 2 aromatic heterocycles. The highest BCUT2D eigenvalue weighted by Crippen LogP contribution is 2.38. The average molecular weight is 506 g/mol. The maximum Gasteiger partial charge on any atom is 0.247 e. The van der Waals surface area contributed by atoms with Gasteiger partial charge in [0.15, 0.2) is 5.82 Å². The van der Waals surface area contributed by atoms with Crippen LogP contribution in [0.1, 0.15) is 6.42 Å². The summed E-state index contributed by atoms with van der Waals surface area (Å²) in [6.45, 7) is 9.87. The molecule has 11 heteroatoms. The second-order valence-electron chi connectivity index (χ2n) is 8.46. The van der Waals surface area contributed by atoms with E-state index in [1.807, 2.05) is 38.5 Å². The summed E-state index contributed by atoms with van der Waals surface area (Å²) in [6.07, 6.45) is 7.55. The number of methoxy groups -OCH3 is 1. The largest absolute Gasteiger partial charge is 0.494 e. The van der Waals surface area contributed by atoms with Gasteiger partial charge in [-0.3, -0.25) is 9.48 Å². The predicted molar refractivity (Wildman–Crippen MR) is 149 cm³/mol. The Kier molecular flexibility index (Phi) is 9.61. The summed E-state index contributed by atoms with van der Waals surface area (Å²) in [5.41, 5.74) is 2.01. The van der Waals surface area contributed by atoms with Crippen molar-refractivity contribution >= 4 is 40.6 Å². The van der Waals surface area contributed by atoms with Gasteiger partial charge >= 0.3 is 0 Å². The molecular formula is C26H35N9O2. The second kappa shape index (κ2) is 13.1. The molecule has 0 aliphatic rings. The summed E-state index contributed by atoms with van der Waals surface area (Å²) >= 11 is 0. The number of carbonyl (C=O) groups excluding carboxylic acids is 1. The second-order valence-corrected chi connectivity index (χ2v) is 8.46. The Morgan fingerprint density at radius 1 is 1.11 bits per heavy atom. The number of anilines is 6. The lowest BCUT2D eigenvalue weighted by Gasteiger charge is -2.26. The van der Waals surface area contributed by atoms with E-state index < -0.39 is 0 Å². The molecule has 0 spiro atoms. The summed E-state index contributed by atoms with van der Waals surface area (Å²) in [5.74, 6) is 1.86. The number of rotatable bonds is 14. The van der Waals surface area contributed by atoms with E-state index in [0.29, 0.717) is 34.7 Å². The first-order chi connectivity index (χ1) is 17.8. The van der Waals surface area contributed by atoms with Crippen LogP contribution in [-0.4, -0.2) is 71.4 Å². The van der Waals surface area contributed by atoms with Gasteiger partial charge in [0, 0.05) is 58.3 Å². The van der Waals surface area contributed by atoms with Gasteiger partial charge in [0.2, 0.25) is 11.9 Å². The number of aryl methyl sites for hydroxylation is 1. The molecule has 0 fully saturated rings. The molecule has 37 heavy (non-hydrogen) atoms. The molecule has 1 aromatic carbocycles. The van der Waals surface area contributed by atoms with Gasteiger partial charge in [-0.15, -0.1) is 6.58 Å². The van der Waals surface area contributed by atoms with Gasteiger partial charge < -0.3 is 30.5 Å². The molecule has 0 radical (unpaired) electrons. The van der Waals surface area contributed by atoms with Gasteiger partial charge in [0.25, 0.3) is 0 Å². The van der Waals surface area contributed by atoms with E-state index in [9.17, 15) is 4.79 Å². The minimum absolute atomic E-state index is 0.313. The van der Waals surface area contributed by atoms with Crippen LogP contribution in [-0.2, 0) is 11.8 Å². The van der Waals surface area contributed by atoms with Gasteiger partial charge in [-0.05, 0) is 31.7 Å². The minimum atomic E-state index is -0.313. The fourth-order valence-corrected chi connectivity index (χ4v) is 3.52. The molecule has 11 nitrogen and oxygen atoms in total. The van der Waals surface area contributed by atoms with Gasteiger partial charge in [-0.2, -0.15) is 10.1 Å². The van der Waals surface area contributed by atoms with Crippen LogP contribution in [0.2, 0.25) is 0 Å². The van der Waals surface area contributed by atoms with Crippen molar-refractivity contribution in [2.75, 3.05) is 61.7 Å². The number of ether oxygens (including phenoxy) is 1. The Morgan fingerprint density at radius 2 is 1.92 bits per heavy atom. The fourth-order valence-electron chi connectivity index (χ4n) is 3.52. The normalized spacial score (nSPS) is 10.6. The van der Waals surface area contributed by atoms with Crippen molar-refractivity contribution in [2.24, 2.45) is 7.05 Å². The summed E-state index contributed by atoms with van der Waals surface area (Å²) in [5, 5.41) is 13.6. The van der Waals surface area contributed by atoms with Crippen molar-refractivity contribution in [2.45, 2.75) is 6.42 Å². The number of benzene rings is 1. The number of hydrogen-bond acceptors (Lipinski definition) is 9. The number of likely N-dealkylation sites (N-methyl/N-ethyl adjacent to an activating group) is 2. The Hall–Kier alpha value is -4.38. The van der Waals surface area contributed by atoms with Gasteiger partial charge in [-0.25, -0.2) is 4.98 Å². The third-order valence-corrected chi connectivity index (χ3v) is 5.58.